The summed E-state index contributed by atoms with van der Waals surface area (Å²) in [4.78, 5) is 0. The number of aryl methyl sites for hydroxylation is 2. The lowest BCUT2D eigenvalue weighted by atomic mass is 9.45. The largest absolute Gasteiger partial charge is 0.521 e. The number of fused-ring (bicyclic) bond motifs is 2. The molecule has 5 rings (SSSR count). The molecule has 4 nitrogen and oxygen atoms in total. The molecule has 0 aromatic carbocycles. The summed E-state index contributed by atoms with van der Waals surface area (Å²) in [5, 5.41) is 0. The van der Waals surface area contributed by atoms with Gasteiger partial charge in [-0.1, -0.05) is 0 Å². The van der Waals surface area contributed by atoms with E-state index in [1.54, 1.807) is 0 Å². The molecule has 0 spiro atoms. The monoisotopic (exact) mass is 696 g/mol. The van der Waals surface area contributed by atoms with Gasteiger partial charge in [0.1, 0.15) is 19.8 Å². The summed E-state index contributed by atoms with van der Waals surface area (Å²) >= 11 is 4.94. The fourth-order valence-electron chi connectivity index (χ4n) is 5.10. The Bertz CT molecular complexity index is 1590. The lowest BCUT2D eigenvalue weighted by Crippen LogP contribution is -2.56. The average Bonchev–Trinajstić information content (AvgIpc) is 3.23. The number of rotatable bonds is 0. The van der Waals surface area contributed by atoms with Crippen LogP contribution in [0.4, 0.5) is 0 Å². The highest BCUT2D eigenvalue weighted by atomic mass is 127. The minimum atomic E-state index is -1.83. The van der Waals surface area contributed by atoms with Crippen LogP contribution in [-0.2, 0) is 14.1 Å². The van der Waals surface area contributed by atoms with Gasteiger partial charge in [0.15, 0.2) is 30.5 Å². The fraction of sp³-hybridized carbons (Fsp3) is 0.207. The number of hydrogen-bond donors (Lipinski definition) is 0. The van der Waals surface area contributed by atoms with Gasteiger partial charge < -0.3 is 8.96 Å². The molecule has 36 heavy (non-hydrogen) atoms. The molecule has 0 saturated heterocycles. The third kappa shape index (κ3) is 3.97. The highest BCUT2D eigenvalue weighted by Crippen LogP contribution is 2.40. The van der Waals surface area contributed by atoms with Gasteiger partial charge in [-0.15, -0.1) is 11.8 Å². The van der Waals surface area contributed by atoms with E-state index in [-0.39, 0.29) is 0 Å². The van der Waals surface area contributed by atoms with Gasteiger partial charge in [-0.3, -0.25) is 0 Å². The molecule has 0 N–H and O–H groups in total. The molecule has 2 aliphatic heterocycles. The summed E-state index contributed by atoms with van der Waals surface area (Å²) in [6.07, 6.45) is 8.63. The summed E-state index contributed by atoms with van der Waals surface area (Å²) in [7, 11) is 4.04. The first-order valence-corrected chi connectivity index (χ1v) is 14.0. The Morgan fingerprint density at radius 2 is 1.31 bits per heavy atom. The van der Waals surface area contributed by atoms with E-state index in [1.165, 1.54) is 41.1 Å². The molecular formula is C29H27BI2N4+2. The third-order valence-corrected chi connectivity index (χ3v) is 10.3. The van der Waals surface area contributed by atoms with Gasteiger partial charge in [0.2, 0.25) is 0 Å². The van der Waals surface area contributed by atoms with Crippen molar-refractivity contribution in [2.75, 3.05) is 0 Å². The van der Waals surface area contributed by atoms with Crippen LogP contribution in [-0.4, -0.2) is 21.1 Å². The first kappa shape index (κ1) is 25.0. The molecule has 0 amide bonds. The zero-order valence-corrected chi connectivity index (χ0v) is 25.6. The van der Waals surface area contributed by atoms with Crippen LogP contribution in [0.25, 0.3) is 6.08 Å². The van der Waals surface area contributed by atoms with E-state index < -0.39 is 6.42 Å². The van der Waals surface area contributed by atoms with Crippen LogP contribution in [0.15, 0.2) is 63.9 Å². The van der Waals surface area contributed by atoms with Crippen molar-refractivity contribution >= 4 is 63.4 Å². The van der Waals surface area contributed by atoms with Crippen LogP contribution >= 0.6 is 45.2 Å². The molecule has 0 bridgehead atoms. The molecule has 178 valence electrons. The summed E-state index contributed by atoms with van der Waals surface area (Å²) < 4.78 is 11.4. The number of hydrogen-bond acceptors (Lipinski definition) is 0. The fourth-order valence-corrected chi connectivity index (χ4v) is 6.17. The van der Waals surface area contributed by atoms with Crippen LogP contribution in [0.5, 0.6) is 0 Å². The second-order valence-corrected chi connectivity index (χ2v) is 11.7. The third-order valence-electron chi connectivity index (χ3n) is 7.12. The maximum atomic E-state index is 3.75. The van der Waals surface area contributed by atoms with Crippen molar-refractivity contribution < 1.29 is 13.6 Å². The second-order valence-electron chi connectivity index (χ2n) is 9.52. The second kappa shape index (κ2) is 9.35. The van der Waals surface area contributed by atoms with E-state index in [4.69, 9.17) is 0 Å². The van der Waals surface area contributed by atoms with Gasteiger partial charge in [-0.2, -0.15) is 11.6 Å². The zero-order valence-electron chi connectivity index (χ0n) is 21.3. The Kier molecular flexibility index (Phi) is 6.51. The van der Waals surface area contributed by atoms with Crippen molar-refractivity contribution in [1.82, 2.24) is 4.48 Å². The maximum absolute atomic E-state index is 3.75. The number of pyridine rings is 2. The summed E-state index contributed by atoms with van der Waals surface area (Å²) in [5.74, 6) is 14.5. The number of nitrogens with zero attached hydrogens (tertiary/aromatic N) is 4. The Balaban J connectivity index is 1.88. The lowest BCUT2D eigenvalue weighted by Gasteiger charge is -2.36. The van der Waals surface area contributed by atoms with Crippen LogP contribution in [0.1, 0.15) is 41.9 Å². The topological polar surface area (TPSA) is 15.7 Å². The number of aromatic nitrogens is 3. The van der Waals surface area contributed by atoms with E-state index in [0.29, 0.717) is 0 Å². The first-order valence-electron chi connectivity index (χ1n) is 11.9. The molecule has 3 aromatic rings. The Labute approximate surface area is 240 Å². The Morgan fingerprint density at radius 1 is 0.806 bits per heavy atom. The standard InChI is InChI=1S/C29H27BI2N4/c1-20-26-19-27-21(2)29(32)23(4)36(27)30(35(26)22(3)28(20)31,13-7-24-9-15-33(5)16-10-24)14-8-25-11-17-34(6)18-12-25/h9-12,15-19H,1-6H3/q+2. The van der Waals surface area contributed by atoms with Crippen molar-refractivity contribution in [2.45, 2.75) is 27.7 Å². The van der Waals surface area contributed by atoms with Crippen LogP contribution in [0.2, 0.25) is 0 Å². The average molecular weight is 696 g/mol. The molecule has 0 aliphatic carbocycles. The predicted molar refractivity (Wildman–Crippen MR) is 162 cm³/mol. The molecule has 0 saturated carbocycles. The lowest BCUT2D eigenvalue weighted by molar-refractivity contribution is -0.671. The molecule has 2 aliphatic rings. The van der Waals surface area contributed by atoms with Gasteiger partial charge >= 0.3 is 6.42 Å². The minimum absolute atomic E-state index is 0.980. The van der Waals surface area contributed by atoms with Gasteiger partial charge in [-0.05, 0) is 77.2 Å². The zero-order chi connectivity index (χ0) is 25.8. The summed E-state index contributed by atoms with van der Waals surface area (Å²) in [6, 6.07) is 8.25. The van der Waals surface area contributed by atoms with E-state index in [0.717, 1.165) is 11.1 Å². The van der Waals surface area contributed by atoms with Crippen molar-refractivity contribution in [3.63, 3.8) is 0 Å². The van der Waals surface area contributed by atoms with E-state index in [1.807, 2.05) is 48.0 Å². The summed E-state index contributed by atoms with van der Waals surface area (Å²) in [6.45, 7) is 8.80. The molecular weight excluding hydrogens is 669 g/mol. The molecule has 0 atom stereocenters. The quantitative estimate of drug-likeness (QED) is 0.144. The van der Waals surface area contributed by atoms with E-state index in [9.17, 15) is 0 Å². The Hall–Kier alpha value is -2.63. The first-order chi connectivity index (χ1) is 17.1. The molecule has 0 radical (unpaired) electrons. The van der Waals surface area contributed by atoms with Crippen LogP contribution < -0.4 is 9.13 Å². The van der Waals surface area contributed by atoms with Crippen molar-refractivity contribution in [1.29, 1.82) is 0 Å². The van der Waals surface area contributed by atoms with Crippen molar-refractivity contribution in [3.05, 3.63) is 95.6 Å². The van der Waals surface area contributed by atoms with Gasteiger partial charge in [-0.25, -0.2) is 9.13 Å². The predicted octanol–water partition coefficient (Wildman–Crippen LogP) is 4.38. The number of allylic oxidation sites excluding steroid dienone is 2. The van der Waals surface area contributed by atoms with Crippen molar-refractivity contribution in [3.8, 4) is 23.5 Å². The Morgan fingerprint density at radius 3 is 1.81 bits per heavy atom. The molecule has 0 unspecified atom stereocenters. The van der Waals surface area contributed by atoms with E-state index in [2.05, 4.69) is 136 Å². The molecule has 0 fully saturated rings. The van der Waals surface area contributed by atoms with Crippen LogP contribution in [0, 0.1) is 40.9 Å². The van der Waals surface area contributed by atoms with Crippen molar-refractivity contribution in [2.24, 2.45) is 14.1 Å². The van der Waals surface area contributed by atoms with Crippen LogP contribution in [0.3, 0.4) is 0 Å². The van der Waals surface area contributed by atoms with Gasteiger partial charge in [0.25, 0.3) is 0 Å². The normalized spacial score (nSPS) is 15.5. The summed E-state index contributed by atoms with van der Waals surface area (Å²) in [5.41, 5.74) is 9.32. The molecule has 5 heterocycles. The van der Waals surface area contributed by atoms with Gasteiger partial charge in [0.05, 0.1) is 3.58 Å². The minimum Gasteiger partial charge on any atom is -0.435 e. The van der Waals surface area contributed by atoms with E-state index >= 15 is 0 Å². The molecule has 7 heteroatoms. The van der Waals surface area contributed by atoms with Gasteiger partial charge in [0, 0.05) is 63.2 Å². The highest BCUT2D eigenvalue weighted by Gasteiger charge is 2.49. The SMILES string of the molecule is CC1=C(I)C(C)=[N+]2C1=Cc1c(C)c(I)c(C)n1[B-]2(C#Cc1cc[n+](C)cc1)C#Cc1cc[n+](C)cc1. The number of halogens is 2. The molecule has 3 aromatic heterocycles. The highest BCUT2D eigenvalue weighted by molar-refractivity contribution is 14.1. The smallest absolute Gasteiger partial charge is 0.435 e. The maximum Gasteiger partial charge on any atom is 0.521 e.